The maximum Gasteiger partial charge on any atom is 0.339 e. The number of benzene rings is 1. The highest BCUT2D eigenvalue weighted by atomic mass is 16.5. The van der Waals surface area contributed by atoms with Crippen molar-refractivity contribution in [3.63, 3.8) is 0 Å². The molecule has 0 aliphatic heterocycles. The van der Waals surface area contributed by atoms with Crippen LogP contribution in [0.25, 0.3) is 0 Å². The first kappa shape index (κ1) is 28.1. The summed E-state index contributed by atoms with van der Waals surface area (Å²) >= 11 is 0. The molecule has 0 saturated heterocycles. The van der Waals surface area contributed by atoms with Crippen molar-refractivity contribution in [1.82, 2.24) is 9.80 Å². The molecule has 0 atom stereocenters. The third-order valence-corrected chi connectivity index (χ3v) is 5.45. The maximum absolute atomic E-state index is 12.4. The van der Waals surface area contributed by atoms with Crippen LogP contribution in [-0.4, -0.2) is 62.4 Å². The fourth-order valence-electron chi connectivity index (χ4n) is 3.38. The Hall–Kier alpha value is -1.92. The van der Waals surface area contributed by atoms with Gasteiger partial charge >= 0.3 is 11.9 Å². The highest BCUT2D eigenvalue weighted by Crippen LogP contribution is 2.10. The van der Waals surface area contributed by atoms with Crippen molar-refractivity contribution < 1.29 is 19.1 Å². The van der Waals surface area contributed by atoms with E-state index >= 15 is 0 Å². The summed E-state index contributed by atoms with van der Waals surface area (Å²) in [4.78, 5) is 28.8. The number of hydrogen-bond donors (Lipinski definition) is 0. The number of nitrogens with zero attached hydrogens (tertiary/aromatic N) is 2. The summed E-state index contributed by atoms with van der Waals surface area (Å²) in [6.07, 6.45) is 12.1. The first-order chi connectivity index (χ1) is 15.5. The zero-order valence-corrected chi connectivity index (χ0v) is 20.7. The Morgan fingerprint density at radius 3 is 1.50 bits per heavy atom. The van der Waals surface area contributed by atoms with Gasteiger partial charge in [-0.2, -0.15) is 0 Å². The van der Waals surface area contributed by atoms with Crippen LogP contribution in [0.4, 0.5) is 0 Å². The summed E-state index contributed by atoms with van der Waals surface area (Å²) in [7, 11) is 3.89. The predicted octanol–water partition coefficient (Wildman–Crippen LogP) is 5.72. The quantitative estimate of drug-likeness (QED) is 0.163. The van der Waals surface area contributed by atoms with Crippen LogP contribution in [0.3, 0.4) is 0 Å². The fourth-order valence-corrected chi connectivity index (χ4v) is 3.38. The van der Waals surface area contributed by atoms with Crippen LogP contribution in [-0.2, 0) is 9.47 Å². The van der Waals surface area contributed by atoms with Crippen LogP contribution in [0.5, 0.6) is 0 Å². The summed E-state index contributed by atoms with van der Waals surface area (Å²) in [5.41, 5.74) is 0.722. The van der Waals surface area contributed by atoms with E-state index in [1.54, 1.807) is 24.3 Å². The molecule has 0 unspecified atom stereocenters. The average Bonchev–Trinajstić information content (AvgIpc) is 2.80. The molecule has 6 heteroatoms. The Bertz CT molecular complexity index is 599. The first-order valence-corrected chi connectivity index (χ1v) is 12.3. The molecule has 1 aromatic carbocycles. The van der Waals surface area contributed by atoms with E-state index in [0.29, 0.717) is 11.1 Å². The second-order valence-electron chi connectivity index (χ2n) is 8.69. The average molecular weight is 449 g/mol. The van der Waals surface area contributed by atoms with E-state index in [2.05, 4.69) is 13.8 Å². The third-order valence-electron chi connectivity index (χ3n) is 5.45. The third kappa shape index (κ3) is 12.8. The molecule has 0 aromatic heterocycles. The normalized spacial score (nSPS) is 11.2. The van der Waals surface area contributed by atoms with Crippen molar-refractivity contribution >= 4 is 11.9 Å². The van der Waals surface area contributed by atoms with Crippen LogP contribution >= 0.6 is 0 Å². The van der Waals surface area contributed by atoms with Crippen LogP contribution in [0, 0.1) is 0 Å². The standard InChI is InChI=1S/C26H44N2O4/c1-5-7-9-11-13-18-27(3)21-31-25(29)23-16-15-17-24(20-23)26(30)32-22-28(4)19-14-12-10-8-6-2/h15-17,20H,5-14,18-19,21-22H2,1-4H3. The lowest BCUT2D eigenvalue weighted by atomic mass is 10.1. The molecular formula is C26H44N2O4. The van der Waals surface area contributed by atoms with Crippen molar-refractivity contribution in [2.24, 2.45) is 0 Å². The van der Waals surface area contributed by atoms with Gasteiger partial charge in [-0.05, 0) is 45.1 Å². The highest BCUT2D eigenvalue weighted by Gasteiger charge is 2.14. The van der Waals surface area contributed by atoms with E-state index in [1.165, 1.54) is 51.4 Å². The molecule has 0 bridgehead atoms. The topological polar surface area (TPSA) is 59.1 Å². The van der Waals surface area contributed by atoms with Crippen LogP contribution < -0.4 is 0 Å². The van der Waals surface area contributed by atoms with Gasteiger partial charge in [0.05, 0.1) is 11.1 Å². The lowest BCUT2D eigenvalue weighted by Gasteiger charge is -2.17. The molecule has 182 valence electrons. The van der Waals surface area contributed by atoms with Gasteiger partial charge in [0.1, 0.15) is 13.5 Å². The van der Waals surface area contributed by atoms with Gasteiger partial charge in [0, 0.05) is 13.1 Å². The fraction of sp³-hybridized carbons (Fsp3) is 0.692. The summed E-state index contributed by atoms with van der Waals surface area (Å²) in [6.45, 7) is 6.68. The lowest BCUT2D eigenvalue weighted by molar-refractivity contribution is 0.0268. The smallest absolute Gasteiger partial charge is 0.339 e. The summed E-state index contributed by atoms with van der Waals surface area (Å²) in [5.74, 6) is -0.858. The largest absolute Gasteiger partial charge is 0.446 e. The van der Waals surface area contributed by atoms with Crippen molar-refractivity contribution in [3.8, 4) is 0 Å². The van der Waals surface area contributed by atoms with Gasteiger partial charge in [-0.15, -0.1) is 0 Å². The molecule has 0 radical (unpaired) electrons. The first-order valence-electron chi connectivity index (χ1n) is 12.3. The number of carbonyl (C=O) groups excluding carboxylic acids is 2. The molecule has 0 saturated carbocycles. The van der Waals surface area contributed by atoms with Gasteiger partial charge in [-0.25, -0.2) is 9.59 Å². The molecule has 0 fully saturated rings. The van der Waals surface area contributed by atoms with Crippen molar-refractivity contribution in [1.29, 1.82) is 0 Å². The number of rotatable bonds is 18. The van der Waals surface area contributed by atoms with E-state index < -0.39 is 11.9 Å². The molecule has 1 rings (SSSR count). The predicted molar refractivity (Wildman–Crippen MR) is 130 cm³/mol. The van der Waals surface area contributed by atoms with Crippen LogP contribution in [0.2, 0.25) is 0 Å². The van der Waals surface area contributed by atoms with E-state index in [0.717, 1.165) is 25.9 Å². The number of unbranched alkanes of at least 4 members (excludes halogenated alkanes) is 8. The SMILES string of the molecule is CCCCCCCN(C)COC(=O)c1cccc(C(=O)OCN(C)CCCCCCC)c1. The van der Waals surface area contributed by atoms with E-state index in [4.69, 9.17) is 9.47 Å². The number of hydrogen-bond acceptors (Lipinski definition) is 6. The minimum Gasteiger partial charge on any atom is -0.446 e. The minimum absolute atomic E-state index is 0.240. The molecule has 0 spiro atoms. The van der Waals surface area contributed by atoms with Crippen molar-refractivity contribution in [2.45, 2.75) is 78.1 Å². The van der Waals surface area contributed by atoms with Crippen LogP contribution in [0.1, 0.15) is 98.8 Å². The zero-order valence-electron chi connectivity index (χ0n) is 20.7. The maximum atomic E-state index is 12.4. The van der Waals surface area contributed by atoms with Crippen LogP contribution in [0.15, 0.2) is 24.3 Å². The number of ether oxygens (including phenoxy) is 2. The monoisotopic (exact) mass is 448 g/mol. The Kier molecular flexibility index (Phi) is 15.5. The van der Waals surface area contributed by atoms with Crippen molar-refractivity contribution in [2.75, 3.05) is 40.6 Å². The van der Waals surface area contributed by atoms with Crippen molar-refractivity contribution in [3.05, 3.63) is 35.4 Å². The highest BCUT2D eigenvalue weighted by molar-refractivity contribution is 5.95. The lowest BCUT2D eigenvalue weighted by Crippen LogP contribution is -2.25. The molecule has 32 heavy (non-hydrogen) atoms. The molecule has 0 amide bonds. The summed E-state index contributed by atoms with van der Waals surface area (Å²) < 4.78 is 10.8. The molecule has 0 heterocycles. The Balaban J connectivity index is 2.36. The Morgan fingerprint density at radius 1 is 0.688 bits per heavy atom. The van der Waals surface area contributed by atoms with Gasteiger partial charge in [0.15, 0.2) is 0 Å². The molecule has 0 aliphatic rings. The molecule has 6 nitrogen and oxygen atoms in total. The Morgan fingerprint density at radius 2 is 1.09 bits per heavy atom. The minimum atomic E-state index is -0.429. The van der Waals surface area contributed by atoms with Gasteiger partial charge < -0.3 is 9.47 Å². The van der Waals surface area contributed by atoms with E-state index in [1.807, 2.05) is 23.9 Å². The summed E-state index contributed by atoms with van der Waals surface area (Å²) in [6, 6.07) is 6.54. The van der Waals surface area contributed by atoms with E-state index in [9.17, 15) is 9.59 Å². The Labute approximate surface area is 195 Å². The second kappa shape index (κ2) is 17.6. The zero-order chi connectivity index (χ0) is 23.6. The van der Waals surface area contributed by atoms with Gasteiger partial charge in [0.25, 0.3) is 0 Å². The number of carbonyl (C=O) groups is 2. The van der Waals surface area contributed by atoms with Gasteiger partial charge in [-0.1, -0.05) is 71.3 Å². The molecule has 0 aliphatic carbocycles. The van der Waals surface area contributed by atoms with E-state index in [-0.39, 0.29) is 13.5 Å². The molecular weight excluding hydrogens is 404 g/mol. The number of esters is 2. The van der Waals surface area contributed by atoms with Gasteiger partial charge in [-0.3, -0.25) is 9.80 Å². The second-order valence-corrected chi connectivity index (χ2v) is 8.69. The molecule has 0 N–H and O–H groups in total. The molecule has 1 aromatic rings. The summed E-state index contributed by atoms with van der Waals surface area (Å²) in [5, 5.41) is 0. The van der Waals surface area contributed by atoms with Gasteiger partial charge in [0.2, 0.25) is 0 Å².